The molecule has 98 valence electrons. The van der Waals surface area contributed by atoms with Crippen LogP contribution in [0, 0.1) is 0 Å². The highest BCUT2D eigenvalue weighted by Crippen LogP contribution is 2.09. The van der Waals surface area contributed by atoms with E-state index in [0.717, 1.165) is 45.3 Å². The Morgan fingerprint density at radius 1 is 1.29 bits per heavy atom. The molecular formula is C12H23N3O2. The zero-order chi connectivity index (χ0) is 12.7. The third-order valence-corrected chi connectivity index (χ3v) is 3.09. The summed E-state index contributed by atoms with van der Waals surface area (Å²) in [6.07, 6.45) is 3.79. The Morgan fingerprint density at radius 2 is 1.94 bits per heavy atom. The van der Waals surface area contributed by atoms with Gasteiger partial charge in [-0.3, -0.25) is 4.79 Å². The van der Waals surface area contributed by atoms with E-state index in [1.54, 1.807) is 6.92 Å². The summed E-state index contributed by atoms with van der Waals surface area (Å²) in [5, 5.41) is 5.78. The standard InChI is InChI=1S/C12H23N3O2/c1-3-4-7-13-12(17)14-11-5-8-15(9-6-11)10(2)16/h11H,3-9H2,1-2H3,(H2,13,14,17). The second-order valence-corrected chi connectivity index (χ2v) is 4.53. The van der Waals surface area contributed by atoms with E-state index in [4.69, 9.17) is 0 Å². The van der Waals surface area contributed by atoms with Gasteiger partial charge in [-0.1, -0.05) is 13.3 Å². The lowest BCUT2D eigenvalue weighted by Crippen LogP contribution is -2.48. The van der Waals surface area contributed by atoms with Crippen molar-refractivity contribution in [1.29, 1.82) is 0 Å². The maximum absolute atomic E-state index is 11.5. The summed E-state index contributed by atoms with van der Waals surface area (Å²) in [5.41, 5.74) is 0. The molecule has 1 rings (SSSR count). The van der Waals surface area contributed by atoms with E-state index in [0.29, 0.717) is 0 Å². The van der Waals surface area contributed by atoms with Gasteiger partial charge < -0.3 is 15.5 Å². The number of amides is 3. The smallest absolute Gasteiger partial charge is 0.315 e. The van der Waals surface area contributed by atoms with Crippen LogP contribution in [0.4, 0.5) is 4.79 Å². The van der Waals surface area contributed by atoms with E-state index in [1.807, 2.05) is 4.90 Å². The van der Waals surface area contributed by atoms with Crippen LogP contribution in [0.3, 0.4) is 0 Å². The minimum atomic E-state index is -0.0836. The molecule has 3 amide bonds. The number of nitrogens with one attached hydrogen (secondary N) is 2. The lowest BCUT2D eigenvalue weighted by molar-refractivity contribution is -0.129. The number of rotatable bonds is 4. The van der Waals surface area contributed by atoms with Crippen molar-refractivity contribution in [2.45, 2.75) is 45.6 Å². The number of urea groups is 1. The van der Waals surface area contributed by atoms with Crippen molar-refractivity contribution in [3.8, 4) is 0 Å². The van der Waals surface area contributed by atoms with Crippen LogP contribution in [0.15, 0.2) is 0 Å². The van der Waals surface area contributed by atoms with Gasteiger partial charge in [0.25, 0.3) is 0 Å². The van der Waals surface area contributed by atoms with E-state index in [2.05, 4.69) is 17.6 Å². The molecule has 5 heteroatoms. The first-order chi connectivity index (χ1) is 8.13. The Morgan fingerprint density at radius 3 is 2.47 bits per heavy atom. The number of unbranched alkanes of at least 4 members (excludes halogenated alkanes) is 1. The number of carbonyl (C=O) groups is 2. The summed E-state index contributed by atoms with van der Waals surface area (Å²) >= 11 is 0. The fourth-order valence-corrected chi connectivity index (χ4v) is 1.95. The molecule has 0 aromatic heterocycles. The number of carbonyl (C=O) groups excluding carboxylic acids is 2. The third-order valence-electron chi connectivity index (χ3n) is 3.09. The number of hydrogen-bond donors (Lipinski definition) is 2. The molecule has 1 heterocycles. The SMILES string of the molecule is CCCCNC(=O)NC1CCN(C(C)=O)CC1. The van der Waals surface area contributed by atoms with Gasteiger partial charge >= 0.3 is 6.03 Å². The molecule has 0 unspecified atom stereocenters. The molecular weight excluding hydrogens is 218 g/mol. The van der Waals surface area contributed by atoms with Crippen LogP contribution < -0.4 is 10.6 Å². The summed E-state index contributed by atoms with van der Waals surface area (Å²) in [5.74, 6) is 0.121. The van der Waals surface area contributed by atoms with E-state index >= 15 is 0 Å². The lowest BCUT2D eigenvalue weighted by Gasteiger charge is -2.31. The Bertz CT molecular complexity index is 260. The van der Waals surface area contributed by atoms with Crippen LogP contribution >= 0.6 is 0 Å². The van der Waals surface area contributed by atoms with Gasteiger partial charge in [-0.15, -0.1) is 0 Å². The molecule has 0 atom stereocenters. The zero-order valence-electron chi connectivity index (χ0n) is 10.8. The Balaban J connectivity index is 2.17. The van der Waals surface area contributed by atoms with Crippen molar-refractivity contribution in [3.63, 3.8) is 0 Å². The molecule has 5 nitrogen and oxygen atoms in total. The van der Waals surface area contributed by atoms with Gasteiger partial charge in [-0.05, 0) is 19.3 Å². The first-order valence-electron chi connectivity index (χ1n) is 6.43. The molecule has 1 saturated heterocycles. The largest absolute Gasteiger partial charge is 0.343 e. The van der Waals surface area contributed by atoms with Gasteiger partial charge in [0.2, 0.25) is 5.91 Å². The molecule has 0 aromatic carbocycles. The van der Waals surface area contributed by atoms with Crippen molar-refractivity contribution >= 4 is 11.9 Å². The molecule has 0 saturated carbocycles. The van der Waals surface area contributed by atoms with Crippen LogP contribution in [-0.2, 0) is 4.79 Å². The summed E-state index contributed by atoms with van der Waals surface area (Å²) in [4.78, 5) is 24.5. The number of nitrogens with zero attached hydrogens (tertiary/aromatic N) is 1. The predicted octanol–water partition coefficient (Wildman–Crippen LogP) is 1.10. The highest BCUT2D eigenvalue weighted by molar-refractivity contribution is 5.74. The Labute approximate surface area is 103 Å². The van der Waals surface area contributed by atoms with Gasteiger partial charge in [0.05, 0.1) is 0 Å². The minimum Gasteiger partial charge on any atom is -0.343 e. The second kappa shape index (κ2) is 7.14. The van der Waals surface area contributed by atoms with Crippen molar-refractivity contribution in [1.82, 2.24) is 15.5 Å². The fourth-order valence-electron chi connectivity index (χ4n) is 1.95. The molecule has 2 N–H and O–H groups in total. The van der Waals surface area contributed by atoms with Gasteiger partial charge in [0, 0.05) is 32.6 Å². The molecule has 0 aromatic rings. The molecule has 1 fully saturated rings. The van der Waals surface area contributed by atoms with Gasteiger partial charge in [-0.2, -0.15) is 0 Å². The van der Waals surface area contributed by atoms with E-state index in [-0.39, 0.29) is 18.0 Å². The molecule has 0 aliphatic carbocycles. The zero-order valence-corrected chi connectivity index (χ0v) is 10.8. The van der Waals surface area contributed by atoms with Crippen LogP contribution in [-0.4, -0.2) is 42.5 Å². The quantitative estimate of drug-likeness (QED) is 0.724. The predicted molar refractivity (Wildman–Crippen MR) is 66.7 cm³/mol. The van der Waals surface area contributed by atoms with E-state index < -0.39 is 0 Å². The summed E-state index contributed by atoms with van der Waals surface area (Å²) in [6, 6.07) is 0.118. The molecule has 0 spiro atoms. The molecule has 0 bridgehead atoms. The lowest BCUT2D eigenvalue weighted by atomic mass is 10.1. The van der Waals surface area contributed by atoms with E-state index in [1.165, 1.54) is 0 Å². The van der Waals surface area contributed by atoms with Crippen molar-refractivity contribution < 1.29 is 9.59 Å². The van der Waals surface area contributed by atoms with E-state index in [9.17, 15) is 9.59 Å². The summed E-state index contributed by atoms with van der Waals surface area (Å²) in [6.45, 7) is 5.90. The van der Waals surface area contributed by atoms with Crippen LogP contribution in [0.25, 0.3) is 0 Å². The molecule has 1 aliphatic rings. The number of piperidine rings is 1. The normalized spacial score (nSPS) is 16.7. The second-order valence-electron chi connectivity index (χ2n) is 4.53. The topological polar surface area (TPSA) is 61.4 Å². The third kappa shape index (κ3) is 5.06. The first-order valence-corrected chi connectivity index (χ1v) is 6.43. The first kappa shape index (κ1) is 13.8. The molecule has 1 aliphatic heterocycles. The minimum absolute atomic E-state index is 0.0836. The highest BCUT2D eigenvalue weighted by Gasteiger charge is 2.21. The maximum atomic E-state index is 11.5. The van der Waals surface area contributed by atoms with Crippen molar-refractivity contribution in [3.05, 3.63) is 0 Å². The average molecular weight is 241 g/mol. The molecule has 0 radical (unpaired) electrons. The van der Waals surface area contributed by atoms with Crippen LogP contribution in [0.5, 0.6) is 0 Å². The maximum Gasteiger partial charge on any atom is 0.315 e. The van der Waals surface area contributed by atoms with Crippen LogP contribution in [0.2, 0.25) is 0 Å². The highest BCUT2D eigenvalue weighted by atomic mass is 16.2. The Hall–Kier alpha value is -1.26. The number of hydrogen-bond acceptors (Lipinski definition) is 2. The summed E-state index contributed by atoms with van der Waals surface area (Å²) < 4.78 is 0. The van der Waals surface area contributed by atoms with Crippen molar-refractivity contribution in [2.75, 3.05) is 19.6 Å². The fraction of sp³-hybridized carbons (Fsp3) is 0.833. The average Bonchev–Trinajstić information content (AvgIpc) is 2.30. The van der Waals surface area contributed by atoms with Crippen LogP contribution in [0.1, 0.15) is 39.5 Å². The van der Waals surface area contributed by atoms with Gasteiger partial charge in [0.1, 0.15) is 0 Å². The summed E-state index contributed by atoms with van der Waals surface area (Å²) in [7, 11) is 0. The van der Waals surface area contributed by atoms with Crippen molar-refractivity contribution in [2.24, 2.45) is 0 Å². The van der Waals surface area contributed by atoms with Gasteiger partial charge in [-0.25, -0.2) is 4.79 Å². The monoisotopic (exact) mass is 241 g/mol. The Kier molecular flexibility index (Phi) is 5.80. The van der Waals surface area contributed by atoms with Gasteiger partial charge in [0.15, 0.2) is 0 Å². The molecule has 17 heavy (non-hydrogen) atoms. The number of likely N-dealkylation sites (tertiary alicyclic amines) is 1.